The van der Waals surface area contributed by atoms with E-state index in [1.165, 1.54) is 0 Å². The standard InChI is InChI=1S/C14H20F3NO/c1-11(18)3-4-12-5-7-13(8-6-12)19-10-2-9-14(15,16)17/h5-8,11H,2-4,9-10,18H2,1H3. The van der Waals surface area contributed by atoms with Crippen LogP contribution < -0.4 is 10.5 Å². The first-order valence-electron chi connectivity index (χ1n) is 6.41. The molecule has 1 rings (SSSR count). The van der Waals surface area contributed by atoms with Crippen LogP contribution in [0.2, 0.25) is 0 Å². The van der Waals surface area contributed by atoms with Crippen LogP contribution in [0, 0.1) is 0 Å². The Morgan fingerprint density at radius 1 is 1.21 bits per heavy atom. The lowest BCUT2D eigenvalue weighted by Crippen LogP contribution is -2.15. The van der Waals surface area contributed by atoms with Crippen LogP contribution in [0.15, 0.2) is 24.3 Å². The summed E-state index contributed by atoms with van der Waals surface area (Å²) < 4.78 is 41.0. The molecule has 1 atom stereocenters. The van der Waals surface area contributed by atoms with Gasteiger partial charge in [0.25, 0.3) is 0 Å². The molecule has 0 heterocycles. The van der Waals surface area contributed by atoms with Crippen molar-refractivity contribution < 1.29 is 17.9 Å². The molecular weight excluding hydrogens is 255 g/mol. The Balaban J connectivity index is 2.28. The van der Waals surface area contributed by atoms with Crippen molar-refractivity contribution >= 4 is 0 Å². The first-order chi connectivity index (χ1) is 8.87. The summed E-state index contributed by atoms with van der Waals surface area (Å²) in [6.07, 6.45) is -3.13. The summed E-state index contributed by atoms with van der Waals surface area (Å²) in [5, 5.41) is 0. The number of benzene rings is 1. The van der Waals surface area contributed by atoms with E-state index < -0.39 is 12.6 Å². The van der Waals surface area contributed by atoms with Gasteiger partial charge >= 0.3 is 6.18 Å². The first-order valence-corrected chi connectivity index (χ1v) is 6.41. The maximum absolute atomic E-state index is 11.9. The monoisotopic (exact) mass is 275 g/mol. The number of nitrogens with two attached hydrogens (primary N) is 1. The van der Waals surface area contributed by atoms with Gasteiger partial charge in [-0.1, -0.05) is 12.1 Å². The number of hydrogen-bond donors (Lipinski definition) is 1. The highest BCUT2D eigenvalue weighted by Gasteiger charge is 2.26. The molecule has 0 aromatic heterocycles. The van der Waals surface area contributed by atoms with Gasteiger partial charge in [-0.2, -0.15) is 13.2 Å². The van der Waals surface area contributed by atoms with Crippen molar-refractivity contribution in [3.8, 4) is 5.75 Å². The second kappa shape index (κ2) is 7.38. The minimum absolute atomic E-state index is 0.0179. The summed E-state index contributed by atoms with van der Waals surface area (Å²) in [5.74, 6) is 0.603. The van der Waals surface area contributed by atoms with Crippen molar-refractivity contribution in [1.29, 1.82) is 0 Å². The van der Waals surface area contributed by atoms with Crippen LogP contribution in [0.25, 0.3) is 0 Å². The molecule has 2 nitrogen and oxygen atoms in total. The predicted molar refractivity (Wildman–Crippen MR) is 69.2 cm³/mol. The average molecular weight is 275 g/mol. The van der Waals surface area contributed by atoms with E-state index in [0.717, 1.165) is 18.4 Å². The summed E-state index contributed by atoms with van der Waals surface area (Å²) in [4.78, 5) is 0. The molecule has 1 aromatic carbocycles. The zero-order valence-corrected chi connectivity index (χ0v) is 11.0. The lowest BCUT2D eigenvalue weighted by atomic mass is 10.1. The third kappa shape index (κ3) is 7.72. The predicted octanol–water partition coefficient (Wildman–Crippen LogP) is 3.69. The highest BCUT2D eigenvalue weighted by molar-refractivity contribution is 5.27. The molecule has 108 valence electrons. The number of hydrogen-bond acceptors (Lipinski definition) is 2. The van der Waals surface area contributed by atoms with Gasteiger partial charge in [-0.3, -0.25) is 0 Å². The normalized spacial score (nSPS) is 13.3. The van der Waals surface area contributed by atoms with Crippen LogP contribution in [-0.2, 0) is 6.42 Å². The van der Waals surface area contributed by atoms with Crippen molar-refractivity contribution in [3.05, 3.63) is 29.8 Å². The number of rotatable bonds is 7. The Kier molecular flexibility index (Phi) is 6.15. The smallest absolute Gasteiger partial charge is 0.389 e. The molecule has 0 radical (unpaired) electrons. The molecule has 5 heteroatoms. The van der Waals surface area contributed by atoms with E-state index in [1.54, 1.807) is 12.1 Å². The molecule has 0 aliphatic rings. The molecule has 19 heavy (non-hydrogen) atoms. The van der Waals surface area contributed by atoms with Gasteiger partial charge in [0.15, 0.2) is 0 Å². The van der Waals surface area contributed by atoms with Gasteiger partial charge in [0.1, 0.15) is 5.75 Å². The van der Waals surface area contributed by atoms with Crippen molar-refractivity contribution in [1.82, 2.24) is 0 Å². The van der Waals surface area contributed by atoms with E-state index in [1.807, 2.05) is 19.1 Å². The highest BCUT2D eigenvalue weighted by Crippen LogP contribution is 2.21. The molecule has 1 aromatic rings. The second-order valence-electron chi connectivity index (χ2n) is 4.73. The molecule has 0 amide bonds. The molecule has 0 saturated carbocycles. The van der Waals surface area contributed by atoms with Crippen LogP contribution >= 0.6 is 0 Å². The van der Waals surface area contributed by atoms with E-state index >= 15 is 0 Å². The summed E-state index contributed by atoms with van der Waals surface area (Å²) in [6.45, 7) is 2.04. The second-order valence-corrected chi connectivity index (χ2v) is 4.73. The van der Waals surface area contributed by atoms with Gasteiger partial charge in [-0.05, 0) is 43.9 Å². The first kappa shape index (κ1) is 15.8. The van der Waals surface area contributed by atoms with E-state index in [4.69, 9.17) is 10.5 Å². The molecular formula is C14H20F3NO. The maximum atomic E-state index is 11.9. The minimum Gasteiger partial charge on any atom is -0.494 e. The summed E-state index contributed by atoms with van der Waals surface area (Å²) in [5.41, 5.74) is 6.82. The van der Waals surface area contributed by atoms with Crippen LogP contribution in [0.5, 0.6) is 5.75 Å². The summed E-state index contributed by atoms with van der Waals surface area (Å²) in [7, 11) is 0. The van der Waals surface area contributed by atoms with E-state index in [-0.39, 0.29) is 19.1 Å². The van der Waals surface area contributed by atoms with Crippen molar-refractivity contribution in [2.75, 3.05) is 6.61 Å². The van der Waals surface area contributed by atoms with Gasteiger partial charge in [0.2, 0.25) is 0 Å². The van der Waals surface area contributed by atoms with E-state index in [2.05, 4.69) is 0 Å². The molecule has 0 bridgehead atoms. The third-order valence-electron chi connectivity index (χ3n) is 2.69. The van der Waals surface area contributed by atoms with Gasteiger partial charge in [-0.15, -0.1) is 0 Å². The lowest BCUT2D eigenvalue weighted by molar-refractivity contribution is -0.136. The van der Waals surface area contributed by atoms with Gasteiger partial charge in [-0.25, -0.2) is 0 Å². The fourth-order valence-corrected chi connectivity index (χ4v) is 1.61. The van der Waals surface area contributed by atoms with Gasteiger partial charge in [0.05, 0.1) is 6.61 Å². The lowest BCUT2D eigenvalue weighted by Gasteiger charge is -2.09. The Morgan fingerprint density at radius 3 is 2.37 bits per heavy atom. The fraction of sp³-hybridized carbons (Fsp3) is 0.571. The summed E-state index contributed by atoms with van der Waals surface area (Å²) >= 11 is 0. The molecule has 0 saturated heterocycles. The van der Waals surface area contributed by atoms with Crippen LogP contribution in [0.3, 0.4) is 0 Å². The number of aryl methyl sites for hydroxylation is 1. The quantitative estimate of drug-likeness (QED) is 0.770. The minimum atomic E-state index is -4.11. The SMILES string of the molecule is CC(N)CCc1ccc(OCCCC(F)(F)F)cc1. The fourth-order valence-electron chi connectivity index (χ4n) is 1.61. The summed E-state index contributed by atoms with van der Waals surface area (Å²) in [6, 6.07) is 7.57. The zero-order valence-electron chi connectivity index (χ0n) is 11.0. The van der Waals surface area contributed by atoms with Crippen LogP contribution in [0.4, 0.5) is 13.2 Å². The Morgan fingerprint density at radius 2 is 1.84 bits per heavy atom. The van der Waals surface area contributed by atoms with E-state index in [9.17, 15) is 13.2 Å². The van der Waals surface area contributed by atoms with Gasteiger partial charge < -0.3 is 10.5 Å². The topological polar surface area (TPSA) is 35.2 Å². The number of alkyl halides is 3. The number of halogens is 3. The highest BCUT2D eigenvalue weighted by atomic mass is 19.4. The van der Waals surface area contributed by atoms with Crippen molar-refractivity contribution in [2.24, 2.45) is 5.73 Å². The van der Waals surface area contributed by atoms with E-state index in [0.29, 0.717) is 5.75 Å². The molecule has 0 aliphatic heterocycles. The molecule has 2 N–H and O–H groups in total. The largest absolute Gasteiger partial charge is 0.494 e. The average Bonchev–Trinajstić information content (AvgIpc) is 2.32. The zero-order chi connectivity index (χ0) is 14.3. The Hall–Kier alpha value is -1.23. The third-order valence-corrected chi connectivity index (χ3v) is 2.69. The van der Waals surface area contributed by atoms with Gasteiger partial charge in [0, 0.05) is 12.5 Å². The Bertz CT molecular complexity index is 360. The molecule has 0 spiro atoms. The molecule has 0 fully saturated rings. The molecule has 0 aliphatic carbocycles. The van der Waals surface area contributed by atoms with Crippen LogP contribution in [-0.4, -0.2) is 18.8 Å². The van der Waals surface area contributed by atoms with Crippen LogP contribution in [0.1, 0.15) is 31.7 Å². The molecule has 1 unspecified atom stereocenters. The Labute approximate surface area is 111 Å². The van der Waals surface area contributed by atoms with Crippen molar-refractivity contribution in [3.63, 3.8) is 0 Å². The van der Waals surface area contributed by atoms with Crippen molar-refractivity contribution in [2.45, 2.75) is 44.8 Å². The number of ether oxygens (including phenoxy) is 1. The maximum Gasteiger partial charge on any atom is 0.389 e.